The van der Waals surface area contributed by atoms with Crippen molar-refractivity contribution in [3.63, 3.8) is 0 Å². The molecule has 0 aliphatic carbocycles. The number of aromatic amines is 1. The van der Waals surface area contributed by atoms with Gasteiger partial charge in [-0.2, -0.15) is 0 Å². The van der Waals surface area contributed by atoms with Crippen LogP contribution in [-0.4, -0.2) is 9.97 Å². The summed E-state index contributed by atoms with van der Waals surface area (Å²) >= 11 is 3.48. The van der Waals surface area contributed by atoms with E-state index >= 15 is 0 Å². The van der Waals surface area contributed by atoms with Crippen molar-refractivity contribution in [3.8, 4) is 0 Å². The molecule has 96 valence electrons. The fourth-order valence-corrected chi connectivity index (χ4v) is 2.65. The standard InChI is InChI=1S/C16H15BrN2/c1-10-3-4-11(2)12(7-10)8-16-18-14-6-5-13(17)9-15(14)19-16/h3-7,9H,8H2,1-2H3,(H,18,19). The van der Waals surface area contributed by atoms with Crippen molar-refractivity contribution in [1.29, 1.82) is 0 Å². The third-order valence-corrected chi connectivity index (χ3v) is 3.85. The summed E-state index contributed by atoms with van der Waals surface area (Å²) in [5, 5.41) is 0. The van der Waals surface area contributed by atoms with Gasteiger partial charge >= 0.3 is 0 Å². The first-order chi connectivity index (χ1) is 9.11. The number of aryl methyl sites for hydroxylation is 2. The molecule has 0 saturated carbocycles. The predicted molar refractivity (Wildman–Crippen MR) is 82.5 cm³/mol. The first-order valence-corrected chi connectivity index (χ1v) is 7.11. The van der Waals surface area contributed by atoms with Gasteiger partial charge < -0.3 is 4.98 Å². The molecule has 1 aromatic heterocycles. The van der Waals surface area contributed by atoms with E-state index < -0.39 is 0 Å². The van der Waals surface area contributed by atoms with E-state index in [4.69, 9.17) is 0 Å². The molecule has 2 aromatic carbocycles. The summed E-state index contributed by atoms with van der Waals surface area (Å²) in [6.45, 7) is 4.27. The number of halogens is 1. The number of hydrogen-bond donors (Lipinski definition) is 1. The molecule has 0 aliphatic rings. The predicted octanol–water partition coefficient (Wildman–Crippen LogP) is 4.53. The number of imidazole rings is 1. The molecule has 0 atom stereocenters. The van der Waals surface area contributed by atoms with E-state index in [1.54, 1.807) is 0 Å². The van der Waals surface area contributed by atoms with Gasteiger partial charge in [-0.05, 0) is 43.2 Å². The van der Waals surface area contributed by atoms with Crippen molar-refractivity contribution in [2.75, 3.05) is 0 Å². The van der Waals surface area contributed by atoms with Gasteiger partial charge in [0.15, 0.2) is 0 Å². The molecule has 3 rings (SSSR count). The minimum absolute atomic E-state index is 0.847. The summed E-state index contributed by atoms with van der Waals surface area (Å²) in [7, 11) is 0. The van der Waals surface area contributed by atoms with Crippen LogP contribution in [0.25, 0.3) is 11.0 Å². The first-order valence-electron chi connectivity index (χ1n) is 6.32. The molecule has 1 N–H and O–H groups in total. The monoisotopic (exact) mass is 314 g/mol. The van der Waals surface area contributed by atoms with Gasteiger partial charge in [0, 0.05) is 10.9 Å². The van der Waals surface area contributed by atoms with Crippen LogP contribution in [0.3, 0.4) is 0 Å². The molecule has 1 heterocycles. The lowest BCUT2D eigenvalue weighted by Gasteiger charge is -2.04. The van der Waals surface area contributed by atoms with E-state index in [2.05, 4.69) is 64.0 Å². The van der Waals surface area contributed by atoms with Gasteiger partial charge in [-0.1, -0.05) is 39.7 Å². The van der Waals surface area contributed by atoms with Crippen molar-refractivity contribution < 1.29 is 0 Å². The first kappa shape index (κ1) is 12.4. The zero-order valence-electron chi connectivity index (χ0n) is 11.0. The van der Waals surface area contributed by atoms with Gasteiger partial charge in [0.05, 0.1) is 11.0 Å². The third kappa shape index (κ3) is 2.56. The number of H-pyrrole nitrogens is 1. The molecule has 0 amide bonds. The average molecular weight is 315 g/mol. The second kappa shape index (κ2) is 4.82. The zero-order chi connectivity index (χ0) is 13.4. The van der Waals surface area contributed by atoms with Crippen LogP contribution < -0.4 is 0 Å². The largest absolute Gasteiger partial charge is 0.342 e. The highest BCUT2D eigenvalue weighted by atomic mass is 79.9. The highest BCUT2D eigenvalue weighted by Crippen LogP contribution is 2.20. The maximum atomic E-state index is 4.64. The van der Waals surface area contributed by atoms with E-state index in [0.29, 0.717) is 0 Å². The second-order valence-corrected chi connectivity index (χ2v) is 5.87. The van der Waals surface area contributed by atoms with E-state index in [0.717, 1.165) is 27.8 Å². The Kier molecular flexibility index (Phi) is 3.15. The number of aromatic nitrogens is 2. The van der Waals surface area contributed by atoms with Crippen molar-refractivity contribution in [2.45, 2.75) is 20.3 Å². The van der Waals surface area contributed by atoms with E-state index in [9.17, 15) is 0 Å². The fraction of sp³-hybridized carbons (Fsp3) is 0.188. The molecule has 0 fully saturated rings. The molecule has 0 bridgehead atoms. The van der Waals surface area contributed by atoms with Crippen LogP contribution in [0.5, 0.6) is 0 Å². The van der Waals surface area contributed by atoms with Crippen molar-refractivity contribution >= 4 is 27.0 Å². The maximum absolute atomic E-state index is 4.64. The maximum Gasteiger partial charge on any atom is 0.111 e. The Balaban J connectivity index is 1.98. The molecule has 0 spiro atoms. The minimum Gasteiger partial charge on any atom is -0.342 e. The van der Waals surface area contributed by atoms with Crippen LogP contribution in [0.15, 0.2) is 40.9 Å². The van der Waals surface area contributed by atoms with E-state index in [1.807, 2.05) is 12.1 Å². The van der Waals surface area contributed by atoms with Crippen LogP contribution in [0, 0.1) is 13.8 Å². The molecular weight excluding hydrogens is 300 g/mol. The van der Waals surface area contributed by atoms with E-state index in [-0.39, 0.29) is 0 Å². The van der Waals surface area contributed by atoms with Gasteiger partial charge in [-0.25, -0.2) is 4.98 Å². The summed E-state index contributed by atoms with van der Waals surface area (Å²) in [6, 6.07) is 12.7. The van der Waals surface area contributed by atoms with Crippen LogP contribution in [0.1, 0.15) is 22.5 Å². The van der Waals surface area contributed by atoms with Crippen molar-refractivity contribution in [1.82, 2.24) is 9.97 Å². The Morgan fingerprint density at radius 3 is 2.79 bits per heavy atom. The summed E-state index contributed by atoms with van der Waals surface area (Å²) in [4.78, 5) is 8.03. The van der Waals surface area contributed by atoms with Gasteiger partial charge in [0.1, 0.15) is 5.82 Å². The zero-order valence-corrected chi connectivity index (χ0v) is 12.6. The van der Waals surface area contributed by atoms with Gasteiger partial charge in [-0.3, -0.25) is 0 Å². The number of benzene rings is 2. The molecule has 3 heteroatoms. The SMILES string of the molecule is Cc1ccc(C)c(Cc2nc3ccc(Br)cc3[nH]2)c1. The lowest BCUT2D eigenvalue weighted by atomic mass is 10.0. The molecule has 3 aromatic rings. The Hall–Kier alpha value is -1.61. The molecule has 0 saturated heterocycles. The fourth-order valence-electron chi connectivity index (χ4n) is 2.29. The van der Waals surface area contributed by atoms with E-state index in [1.165, 1.54) is 16.7 Å². The van der Waals surface area contributed by atoms with Crippen molar-refractivity contribution in [3.05, 3.63) is 63.4 Å². The molecule has 2 nitrogen and oxygen atoms in total. The van der Waals surface area contributed by atoms with Crippen LogP contribution in [0.4, 0.5) is 0 Å². The van der Waals surface area contributed by atoms with Crippen LogP contribution in [0.2, 0.25) is 0 Å². The van der Waals surface area contributed by atoms with Crippen LogP contribution >= 0.6 is 15.9 Å². The number of nitrogens with zero attached hydrogens (tertiary/aromatic N) is 1. The van der Waals surface area contributed by atoms with Crippen LogP contribution in [-0.2, 0) is 6.42 Å². The number of rotatable bonds is 2. The lowest BCUT2D eigenvalue weighted by molar-refractivity contribution is 1.02. The Bertz CT molecular complexity index is 744. The van der Waals surface area contributed by atoms with Gasteiger partial charge in [0.2, 0.25) is 0 Å². The van der Waals surface area contributed by atoms with Gasteiger partial charge in [0.25, 0.3) is 0 Å². The molecule has 0 aliphatic heterocycles. The third-order valence-electron chi connectivity index (χ3n) is 3.36. The Morgan fingerprint density at radius 2 is 1.95 bits per heavy atom. The highest BCUT2D eigenvalue weighted by molar-refractivity contribution is 9.10. The second-order valence-electron chi connectivity index (χ2n) is 4.95. The number of fused-ring (bicyclic) bond motifs is 1. The Morgan fingerprint density at radius 1 is 1.11 bits per heavy atom. The quantitative estimate of drug-likeness (QED) is 0.739. The van der Waals surface area contributed by atoms with Gasteiger partial charge in [-0.15, -0.1) is 0 Å². The highest BCUT2D eigenvalue weighted by Gasteiger charge is 2.06. The summed E-state index contributed by atoms with van der Waals surface area (Å²) in [6.07, 6.45) is 0.847. The number of nitrogens with one attached hydrogen (secondary N) is 1. The topological polar surface area (TPSA) is 28.7 Å². The van der Waals surface area contributed by atoms with Crippen molar-refractivity contribution in [2.24, 2.45) is 0 Å². The normalized spacial score (nSPS) is 11.1. The lowest BCUT2D eigenvalue weighted by Crippen LogP contribution is -1.94. The summed E-state index contributed by atoms with van der Waals surface area (Å²) < 4.78 is 1.07. The summed E-state index contributed by atoms with van der Waals surface area (Å²) in [5.41, 5.74) is 6.03. The molecular formula is C16H15BrN2. The Labute approximate surface area is 121 Å². The molecule has 0 radical (unpaired) electrons. The molecule has 0 unspecified atom stereocenters. The summed E-state index contributed by atoms with van der Waals surface area (Å²) in [5.74, 6) is 1.02. The molecule has 19 heavy (non-hydrogen) atoms. The average Bonchev–Trinajstić information content (AvgIpc) is 2.75. The smallest absolute Gasteiger partial charge is 0.111 e. The minimum atomic E-state index is 0.847. The number of hydrogen-bond acceptors (Lipinski definition) is 1.